The first-order chi connectivity index (χ1) is 56.5. The third kappa shape index (κ3) is 22.5. The third-order valence-electron chi connectivity index (χ3n) is 21.3. The van der Waals surface area contributed by atoms with E-state index in [0.29, 0.717) is 0 Å². The van der Waals surface area contributed by atoms with Crippen LogP contribution in [0.3, 0.4) is 0 Å². The summed E-state index contributed by atoms with van der Waals surface area (Å²) >= 11 is 0. The molecule has 0 aliphatic carbocycles. The van der Waals surface area contributed by atoms with Crippen molar-refractivity contribution in [2.24, 2.45) is 0 Å². The maximum Gasteiger partial charge on any atom is 0.217 e. The predicted molar refractivity (Wildman–Crippen MR) is 367 cm³/mol. The Bertz CT molecular complexity index is 3160. The molecule has 0 aromatic carbocycles. The van der Waals surface area contributed by atoms with E-state index in [4.69, 9.17) is 85.3 Å². The minimum Gasteiger partial charge on any atom is -0.394 e. The highest BCUT2D eigenvalue weighted by Gasteiger charge is 2.61. The van der Waals surface area contributed by atoms with Crippen LogP contribution in [-0.2, 0) is 109 Å². The van der Waals surface area contributed by atoms with E-state index >= 15 is 0 Å². The van der Waals surface area contributed by atoms with Crippen molar-refractivity contribution in [1.29, 1.82) is 0 Å². The van der Waals surface area contributed by atoms with E-state index in [1.807, 2.05) is 0 Å². The van der Waals surface area contributed by atoms with Crippen molar-refractivity contribution in [3.05, 3.63) is 0 Å². The van der Waals surface area contributed by atoms with Crippen LogP contribution in [0, 0.1) is 0 Å². The normalized spacial score (nSPS) is 46.9. The van der Waals surface area contributed by atoms with Gasteiger partial charge in [-0.3, -0.25) is 24.0 Å². The fourth-order valence-electron chi connectivity index (χ4n) is 15.1. The predicted octanol–water partition coefficient (Wildman–Crippen LogP) is -20.9. The molecular weight excluding hydrogens is 1630 g/mol. The Morgan fingerprint density at radius 1 is 0.277 bits per heavy atom. The number of aliphatic hydroxyl groups is 25. The second-order valence-electron chi connectivity index (χ2n) is 29.6. The van der Waals surface area contributed by atoms with E-state index in [1.54, 1.807) is 0 Å². The van der Waals surface area contributed by atoms with Gasteiger partial charge < -0.3 is 240 Å². The summed E-state index contributed by atoms with van der Waals surface area (Å²) < 4.78 is 106. The molecule has 53 heteroatoms. The maximum atomic E-state index is 13.2. The molecule has 9 fully saturated rings. The highest BCUT2D eigenvalue weighted by molar-refractivity contribution is 5.74. The zero-order chi connectivity index (χ0) is 87.6. The van der Waals surface area contributed by atoms with Crippen LogP contribution < -0.4 is 26.6 Å². The van der Waals surface area contributed by atoms with Gasteiger partial charge >= 0.3 is 0 Å². The molecule has 0 aromatic heterocycles. The van der Waals surface area contributed by atoms with Gasteiger partial charge in [-0.05, 0) is 0 Å². The molecule has 9 rings (SSSR count). The highest BCUT2D eigenvalue weighted by Crippen LogP contribution is 2.40. The second-order valence-corrected chi connectivity index (χ2v) is 29.6. The van der Waals surface area contributed by atoms with E-state index in [1.165, 1.54) is 0 Å². The van der Waals surface area contributed by atoms with Crippen LogP contribution in [-0.4, -0.2) is 513 Å². The van der Waals surface area contributed by atoms with Gasteiger partial charge in [0.1, 0.15) is 219 Å². The van der Waals surface area contributed by atoms with E-state index in [0.717, 1.165) is 27.7 Å². The van der Waals surface area contributed by atoms with Crippen LogP contribution in [0.1, 0.15) is 27.7 Å². The number of hydrogen-bond acceptors (Lipinski definition) is 48. The van der Waals surface area contributed by atoms with E-state index in [9.17, 15) is 152 Å². The molecule has 9 heterocycles. The molecule has 0 radical (unpaired) electrons. The van der Waals surface area contributed by atoms with E-state index in [2.05, 4.69) is 26.6 Å². The summed E-state index contributed by atoms with van der Waals surface area (Å²) in [6, 6.07) is -8.58. The van der Waals surface area contributed by atoms with Gasteiger partial charge in [0.2, 0.25) is 30.0 Å². The van der Waals surface area contributed by atoms with Crippen LogP contribution in [0.15, 0.2) is 0 Å². The SMILES string of the molecule is CC(=O)N[C@H]1[C@H](O[C@H]2[C@@H](O)[C@@H](CO)O[C@@H](O[C@H]3[C@H](O)[C@@H](NC(C)=O)[C@H](O[C@H]4[C@@H](O)[C@@H](CO[C@@H]5O[C@H](CO)[C@@H](O)[C@H](O)[C@H]5NC(C)=O)O[C@@H](O[C@H]5[C@H](O)[C@@H](NC(C)=O)[C@H](O[C@H]6[C@@H](O)[C@@H](CO)O[C@@H](O[C@H]7[C@H](O)[C@@H](O)[C@H](OC[C@@H](CO)NC=O)O[C@@H]7CO)[C@@H]6O)O[C@@H]5CO)[C@@H]4O)O[C@@H]3CO)[C@@H]2O)O[C@H](CO)[C@@H](O[C@@H]2O[C@H](CO)[C@H](O)[C@H](O)[C@H]2O)[C@@H]1O. The zero-order valence-corrected chi connectivity index (χ0v) is 64.0. The molecule has 0 unspecified atom stereocenters. The summed E-state index contributed by atoms with van der Waals surface area (Å²) in [6.45, 7) is -7.02. The molecule has 0 saturated carbocycles. The van der Waals surface area contributed by atoms with E-state index in [-0.39, 0.29) is 6.41 Å². The first-order valence-corrected chi connectivity index (χ1v) is 37.8. The quantitative estimate of drug-likeness (QED) is 0.0262. The molecule has 46 atom stereocenters. The summed E-state index contributed by atoms with van der Waals surface area (Å²) in [7, 11) is 0. The van der Waals surface area contributed by atoms with Gasteiger partial charge in [-0.2, -0.15) is 0 Å². The number of hydrogen-bond donors (Lipinski definition) is 30. The molecule has 5 amide bonds. The number of aliphatic hydroxyl groups excluding tert-OH is 25. The molecule has 30 N–H and O–H groups in total. The topological polar surface area (TPSA) is 817 Å². The Kier molecular flexibility index (Phi) is 36.5. The summed E-state index contributed by atoms with van der Waals surface area (Å²) in [4.78, 5) is 62.5. The lowest BCUT2D eigenvalue weighted by Gasteiger charge is -2.51. The summed E-state index contributed by atoms with van der Waals surface area (Å²) in [5, 5.41) is 290. The van der Waals surface area contributed by atoms with Gasteiger partial charge in [-0.25, -0.2) is 0 Å². The lowest BCUT2D eigenvalue weighted by Crippen LogP contribution is -2.71. The zero-order valence-electron chi connectivity index (χ0n) is 64.0. The van der Waals surface area contributed by atoms with E-state index < -0.39 is 378 Å². The third-order valence-corrected chi connectivity index (χ3v) is 21.3. The molecule has 0 bridgehead atoms. The molecule has 0 spiro atoms. The van der Waals surface area contributed by atoms with Crippen molar-refractivity contribution in [2.45, 2.75) is 310 Å². The Hall–Kier alpha value is -4.37. The van der Waals surface area contributed by atoms with Gasteiger partial charge in [0.05, 0.1) is 78.7 Å². The van der Waals surface area contributed by atoms with Crippen molar-refractivity contribution in [3.8, 4) is 0 Å². The Balaban J connectivity index is 0.970. The monoisotopic (exact) mass is 1740 g/mol. The van der Waals surface area contributed by atoms with Gasteiger partial charge in [-0.1, -0.05) is 0 Å². The first-order valence-electron chi connectivity index (χ1n) is 37.8. The molecule has 9 aliphatic rings. The molecular formula is C66H111N5O48. The molecule has 53 nitrogen and oxygen atoms in total. The summed E-state index contributed by atoms with van der Waals surface area (Å²) in [6.07, 6.45) is -83.6. The average molecular weight is 1740 g/mol. The minimum absolute atomic E-state index is 0.247. The minimum atomic E-state index is -2.50. The number of rotatable bonds is 35. The van der Waals surface area contributed by atoms with Crippen LogP contribution in [0.25, 0.3) is 0 Å². The first kappa shape index (κ1) is 98.4. The fraction of sp³-hybridized carbons (Fsp3) is 0.924. The Labute approximate surface area is 674 Å². The molecule has 0 aromatic rings. The van der Waals surface area contributed by atoms with Crippen molar-refractivity contribution >= 4 is 30.0 Å². The van der Waals surface area contributed by atoms with Crippen molar-refractivity contribution < 1.29 is 237 Å². The molecule has 688 valence electrons. The van der Waals surface area contributed by atoms with Gasteiger partial charge in [0.25, 0.3) is 0 Å². The summed E-state index contributed by atoms with van der Waals surface area (Å²) in [5.41, 5.74) is 0. The van der Waals surface area contributed by atoms with Crippen molar-refractivity contribution in [3.63, 3.8) is 0 Å². The smallest absolute Gasteiger partial charge is 0.217 e. The lowest BCUT2D eigenvalue weighted by molar-refractivity contribution is -0.391. The highest BCUT2D eigenvalue weighted by atomic mass is 16.8. The number of carbonyl (C=O) groups excluding carboxylic acids is 5. The van der Waals surface area contributed by atoms with Crippen LogP contribution in [0.2, 0.25) is 0 Å². The van der Waals surface area contributed by atoms with Gasteiger partial charge in [0.15, 0.2) is 56.6 Å². The van der Waals surface area contributed by atoms with Gasteiger partial charge in [0, 0.05) is 27.7 Å². The number of amides is 5. The Morgan fingerprint density at radius 2 is 0.538 bits per heavy atom. The number of nitrogens with one attached hydrogen (secondary N) is 5. The average Bonchev–Trinajstić information content (AvgIpc) is 0.764. The van der Waals surface area contributed by atoms with Crippen LogP contribution in [0.5, 0.6) is 0 Å². The molecule has 9 aliphatic heterocycles. The van der Waals surface area contributed by atoms with Crippen molar-refractivity contribution in [1.82, 2.24) is 26.6 Å². The Morgan fingerprint density at radius 3 is 0.866 bits per heavy atom. The van der Waals surface area contributed by atoms with Crippen LogP contribution >= 0.6 is 0 Å². The summed E-state index contributed by atoms with van der Waals surface area (Å²) in [5.74, 6) is -3.71. The van der Waals surface area contributed by atoms with Gasteiger partial charge in [-0.15, -0.1) is 0 Å². The van der Waals surface area contributed by atoms with Crippen molar-refractivity contribution in [2.75, 3.05) is 72.7 Å². The fourth-order valence-corrected chi connectivity index (χ4v) is 15.1. The molecule has 9 saturated heterocycles. The lowest BCUT2D eigenvalue weighted by atomic mass is 9.93. The standard InChI is InChI=1S/C66H111N5O48/c1-17(82)68-31-40(91)35(86)22(6-73)104-58(31)103-15-30-39(90)57(50(101)66(112-30)115-53-28(12-79)109-60(33(43(53)94)70-19(3)84)118-56-38(89)25(9-76)107-65(49(56)100)116-54-29(13-80)111-62(47(98)45(54)96)102-14-21(5-72)67-16-81)119-61-34(71-20(4)85)42(93)52(27(11-78)110-61)114-64-48(99)55(37(88)24(8-75)106-64)117-59-32(69-18(2)83)41(92)51(26(10-77)108-59)113-63-46(97)44(95)36(87)23(7-74)105-63/h16,21-66,72-80,86-101H,5-15H2,1-4H3,(H,67,81)(H,68,82)(H,69,83)(H,70,84)(H,71,85)/t21-,22-,23-,24-,25-,26-,27-,28-,29-,30-,31-,32-,33-,34-,35-,36+,37+,38+,39+,40-,41-,42-,43-,44+,45-,46-,47-,48-,49-,50-,51-,52-,53-,54-,55+,56+,57+,58-,59+,60+,61+,62-,63+,64+,65+,66+/m1/s1. The second kappa shape index (κ2) is 44.2. The van der Waals surface area contributed by atoms with Crippen LogP contribution in [0.4, 0.5) is 0 Å². The number of carbonyl (C=O) groups is 5. The maximum absolute atomic E-state index is 13.2. The largest absolute Gasteiger partial charge is 0.394 e. The number of ether oxygens (including phenoxy) is 18. The molecule has 119 heavy (non-hydrogen) atoms.